The highest BCUT2D eigenvalue weighted by Crippen LogP contribution is 2.24. The molecule has 0 amide bonds. The van der Waals surface area contributed by atoms with Crippen LogP contribution in [0.25, 0.3) is 10.2 Å². The Kier molecular flexibility index (Phi) is 4.39. The third-order valence-electron chi connectivity index (χ3n) is 1.51. The van der Waals surface area contributed by atoms with Crippen molar-refractivity contribution in [2.45, 2.75) is 6.92 Å². The average Bonchev–Trinajstić information content (AvgIpc) is 2.31. The Bertz CT molecular complexity index is 402. The summed E-state index contributed by atoms with van der Waals surface area (Å²) in [4.78, 5) is 8.26. The predicted molar refractivity (Wildman–Crippen MR) is 61.1 cm³/mol. The van der Waals surface area contributed by atoms with Crippen molar-refractivity contribution in [3.05, 3.63) is 18.0 Å². The average molecular weight is 238 g/mol. The molecule has 0 aliphatic heterocycles. The van der Waals surface area contributed by atoms with Gasteiger partial charge in [-0.3, -0.25) is 4.98 Å². The molecule has 2 aromatic heterocycles. The quantitative estimate of drug-likeness (QED) is 0.766. The van der Waals surface area contributed by atoms with Crippen LogP contribution in [-0.2, 0) is 0 Å². The maximum Gasteiger partial charge on any atom is 0.181 e. The lowest BCUT2D eigenvalue weighted by molar-refractivity contribution is 1.22. The molecule has 13 heavy (non-hydrogen) atoms. The lowest BCUT2D eigenvalue weighted by Gasteiger charge is -1.89. The van der Waals surface area contributed by atoms with Crippen LogP contribution in [0.1, 0.15) is 5.69 Å². The number of anilines is 1. The van der Waals surface area contributed by atoms with E-state index in [0.717, 1.165) is 15.9 Å². The van der Waals surface area contributed by atoms with Crippen molar-refractivity contribution in [2.75, 3.05) is 5.73 Å². The van der Waals surface area contributed by atoms with Gasteiger partial charge in [0.15, 0.2) is 5.13 Å². The number of nitrogens with zero attached hydrogens (tertiary/aromatic N) is 2. The Balaban J connectivity index is 0.000000720. The van der Waals surface area contributed by atoms with Gasteiger partial charge in [-0.05, 0) is 13.0 Å². The number of thiazole rings is 1. The molecule has 0 bridgehead atoms. The molecule has 0 unspecified atom stereocenters. The highest BCUT2D eigenvalue weighted by Gasteiger charge is 2.02. The first-order chi connectivity index (χ1) is 5.27. The van der Waals surface area contributed by atoms with Crippen LogP contribution in [0.2, 0.25) is 0 Å². The molecule has 0 saturated carbocycles. The van der Waals surface area contributed by atoms with Crippen LogP contribution >= 0.6 is 36.2 Å². The van der Waals surface area contributed by atoms with Crippen molar-refractivity contribution in [3.63, 3.8) is 0 Å². The fraction of sp³-hybridized carbons (Fsp3) is 0.143. The number of rotatable bonds is 0. The Hall–Kier alpha value is -0.580. The number of aromatic nitrogens is 2. The summed E-state index contributed by atoms with van der Waals surface area (Å²) in [6.45, 7) is 1.93. The van der Waals surface area contributed by atoms with Crippen molar-refractivity contribution >= 4 is 51.5 Å². The fourth-order valence-electron chi connectivity index (χ4n) is 0.999. The molecule has 0 aliphatic carbocycles. The molecule has 72 valence electrons. The fourth-order valence-corrected chi connectivity index (χ4v) is 1.78. The largest absolute Gasteiger partial charge is 0.375 e. The molecule has 0 spiro atoms. The van der Waals surface area contributed by atoms with E-state index in [2.05, 4.69) is 9.97 Å². The molecule has 6 heteroatoms. The number of halogens is 2. The van der Waals surface area contributed by atoms with Crippen LogP contribution < -0.4 is 5.73 Å². The van der Waals surface area contributed by atoms with E-state index in [1.807, 2.05) is 13.0 Å². The molecule has 2 rings (SSSR count). The number of hydrogen-bond acceptors (Lipinski definition) is 4. The molecule has 3 nitrogen and oxygen atoms in total. The Labute approximate surface area is 92.2 Å². The Morgan fingerprint density at radius 3 is 2.69 bits per heavy atom. The summed E-state index contributed by atoms with van der Waals surface area (Å²) in [6.07, 6.45) is 1.77. The van der Waals surface area contributed by atoms with E-state index >= 15 is 0 Å². The van der Waals surface area contributed by atoms with Crippen molar-refractivity contribution in [2.24, 2.45) is 0 Å². The third kappa shape index (κ3) is 2.21. The molecule has 0 fully saturated rings. The number of hydrogen-bond donors (Lipinski definition) is 1. The summed E-state index contributed by atoms with van der Waals surface area (Å²) in [7, 11) is 0. The lowest BCUT2D eigenvalue weighted by Crippen LogP contribution is -1.83. The summed E-state index contributed by atoms with van der Waals surface area (Å²) in [5.74, 6) is 0. The van der Waals surface area contributed by atoms with Crippen molar-refractivity contribution in [1.82, 2.24) is 9.97 Å². The normalized spacial score (nSPS) is 9.00. The van der Waals surface area contributed by atoms with Crippen molar-refractivity contribution < 1.29 is 0 Å². The number of nitrogens with two attached hydrogens (primary N) is 1. The lowest BCUT2D eigenvalue weighted by atomic mass is 10.3. The highest BCUT2D eigenvalue weighted by molar-refractivity contribution is 7.22. The van der Waals surface area contributed by atoms with Gasteiger partial charge in [-0.15, -0.1) is 24.8 Å². The maximum atomic E-state index is 5.54. The summed E-state index contributed by atoms with van der Waals surface area (Å²) in [6, 6.07) is 1.93. The van der Waals surface area contributed by atoms with E-state index in [9.17, 15) is 0 Å². The van der Waals surface area contributed by atoms with Gasteiger partial charge in [-0.25, -0.2) is 4.98 Å². The number of pyridine rings is 1. The first kappa shape index (κ1) is 12.4. The minimum atomic E-state index is 0. The first-order valence-corrected chi connectivity index (χ1v) is 4.06. The maximum absolute atomic E-state index is 5.54. The molecule has 2 heterocycles. The van der Waals surface area contributed by atoms with E-state index in [-0.39, 0.29) is 24.8 Å². The summed E-state index contributed by atoms with van der Waals surface area (Å²) in [5.41, 5.74) is 7.41. The van der Waals surface area contributed by atoms with E-state index in [1.54, 1.807) is 6.20 Å². The second kappa shape index (κ2) is 4.60. The zero-order valence-corrected chi connectivity index (χ0v) is 9.30. The molecular formula is C7H9Cl2N3S. The standard InChI is InChI=1S/C7H7N3S.2ClH/c1-4-6-5(2-3-9-4)11-7(8)10-6;;/h2-3H,1H3,(H2,8,10);2*1H. The predicted octanol–water partition coefficient (Wildman–Crippen LogP) is 2.43. The molecule has 0 aromatic carbocycles. The monoisotopic (exact) mass is 237 g/mol. The van der Waals surface area contributed by atoms with Crippen molar-refractivity contribution in [1.29, 1.82) is 0 Å². The SMILES string of the molecule is Cc1nccc2sc(N)nc12.Cl.Cl. The third-order valence-corrected chi connectivity index (χ3v) is 2.36. The summed E-state index contributed by atoms with van der Waals surface area (Å²) < 4.78 is 1.11. The van der Waals surface area contributed by atoms with Gasteiger partial charge in [0.1, 0.15) is 5.52 Å². The van der Waals surface area contributed by atoms with Gasteiger partial charge in [-0.2, -0.15) is 0 Å². The summed E-state index contributed by atoms with van der Waals surface area (Å²) >= 11 is 1.49. The van der Waals surface area contributed by atoms with Crippen molar-refractivity contribution in [3.8, 4) is 0 Å². The number of fused-ring (bicyclic) bond motifs is 1. The zero-order chi connectivity index (χ0) is 7.84. The summed E-state index contributed by atoms with van der Waals surface area (Å²) in [5, 5.41) is 0.608. The Morgan fingerprint density at radius 2 is 2.08 bits per heavy atom. The van der Waals surface area contributed by atoms with Crippen LogP contribution in [0.3, 0.4) is 0 Å². The van der Waals surface area contributed by atoms with Gasteiger partial charge in [0.2, 0.25) is 0 Å². The van der Waals surface area contributed by atoms with Crippen LogP contribution in [0.15, 0.2) is 12.3 Å². The number of aryl methyl sites for hydroxylation is 1. The van der Waals surface area contributed by atoms with Crippen LogP contribution in [0.5, 0.6) is 0 Å². The van der Waals surface area contributed by atoms with Gasteiger partial charge in [0, 0.05) is 6.20 Å². The van der Waals surface area contributed by atoms with Gasteiger partial charge in [0.05, 0.1) is 10.4 Å². The second-order valence-electron chi connectivity index (χ2n) is 2.30. The molecule has 0 radical (unpaired) electrons. The number of nitrogen functional groups attached to an aromatic ring is 1. The topological polar surface area (TPSA) is 51.8 Å². The van der Waals surface area contributed by atoms with E-state index in [1.165, 1.54) is 11.3 Å². The molecule has 0 atom stereocenters. The molecule has 0 aliphatic rings. The molecular weight excluding hydrogens is 229 g/mol. The van der Waals surface area contributed by atoms with Crippen LogP contribution in [-0.4, -0.2) is 9.97 Å². The minimum absolute atomic E-state index is 0. The Morgan fingerprint density at radius 1 is 1.38 bits per heavy atom. The van der Waals surface area contributed by atoms with Gasteiger partial charge in [0.25, 0.3) is 0 Å². The second-order valence-corrected chi connectivity index (χ2v) is 3.36. The van der Waals surface area contributed by atoms with E-state index in [0.29, 0.717) is 5.13 Å². The van der Waals surface area contributed by atoms with Gasteiger partial charge >= 0.3 is 0 Å². The van der Waals surface area contributed by atoms with Crippen LogP contribution in [0, 0.1) is 6.92 Å². The molecule has 2 N–H and O–H groups in total. The van der Waals surface area contributed by atoms with Gasteiger partial charge < -0.3 is 5.73 Å². The minimum Gasteiger partial charge on any atom is -0.375 e. The van der Waals surface area contributed by atoms with E-state index < -0.39 is 0 Å². The zero-order valence-electron chi connectivity index (χ0n) is 6.85. The van der Waals surface area contributed by atoms with Crippen LogP contribution in [0.4, 0.5) is 5.13 Å². The molecule has 0 saturated heterocycles. The molecule has 2 aromatic rings. The highest BCUT2D eigenvalue weighted by atomic mass is 35.5. The van der Waals surface area contributed by atoms with E-state index in [4.69, 9.17) is 5.73 Å². The smallest absolute Gasteiger partial charge is 0.181 e. The van der Waals surface area contributed by atoms with Gasteiger partial charge in [-0.1, -0.05) is 11.3 Å². The first-order valence-electron chi connectivity index (χ1n) is 3.25.